The van der Waals surface area contributed by atoms with Crippen molar-refractivity contribution >= 4 is 32.7 Å². The lowest BCUT2D eigenvalue weighted by molar-refractivity contribution is 0.467. The molecule has 96 valence electrons. The molecule has 0 unspecified atom stereocenters. The highest BCUT2D eigenvalue weighted by molar-refractivity contribution is 6.00. The van der Waals surface area contributed by atoms with Crippen LogP contribution in [0, 0.1) is 0 Å². The van der Waals surface area contributed by atoms with Crippen molar-refractivity contribution < 1.29 is 9.52 Å². The number of rotatable bonds is 0. The van der Waals surface area contributed by atoms with Crippen molar-refractivity contribution in [3.63, 3.8) is 0 Å². The number of hydrogen-bond acceptors (Lipinski definition) is 3. The van der Waals surface area contributed by atoms with Gasteiger partial charge < -0.3 is 9.52 Å². The molecule has 0 fully saturated rings. The van der Waals surface area contributed by atoms with Crippen LogP contribution in [0.5, 0.6) is 5.75 Å². The van der Waals surface area contributed by atoms with Gasteiger partial charge in [-0.15, -0.1) is 0 Å². The Morgan fingerprint density at radius 1 is 0.850 bits per heavy atom. The van der Waals surface area contributed by atoms with Crippen molar-refractivity contribution in [3.8, 4) is 5.75 Å². The highest BCUT2D eigenvalue weighted by Gasteiger charge is 2.11. The molecule has 0 bridgehead atoms. The van der Waals surface area contributed by atoms with E-state index in [1.807, 2.05) is 36.4 Å². The molecule has 0 saturated heterocycles. The van der Waals surface area contributed by atoms with Crippen molar-refractivity contribution in [3.05, 3.63) is 64.8 Å². The summed E-state index contributed by atoms with van der Waals surface area (Å²) in [7, 11) is 0. The fourth-order valence-corrected chi connectivity index (χ4v) is 2.55. The lowest BCUT2D eigenvalue weighted by Gasteiger charge is -2.04. The third-order valence-electron chi connectivity index (χ3n) is 3.54. The van der Waals surface area contributed by atoms with E-state index in [1.165, 1.54) is 6.07 Å². The van der Waals surface area contributed by atoms with E-state index in [4.69, 9.17) is 4.42 Å². The third kappa shape index (κ3) is 1.43. The van der Waals surface area contributed by atoms with Crippen molar-refractivity contribution in [1.82, 2.24) is 0 Å². The average Bonchev–Trinajstić information content (AvgIpc) is 2.47. The molecular weight excluding hydrogens is 252 g/mol. The summed E-state index contributed by atoms with van der Waals surface area (Å²) in [5, 5.41) is 12.8. The van der Waals surface area contributed by atoms with E-state index in [-0.39, 0.29) is 16.8 Å². The van der Waals surface area contributed by atoms with Crippen LogP contribution < -0.4 is 5.43 Å². The van der Waals surface area contributed by atoms with Crippen LogP contribution >= 0.6 is 0 Å². The van der Waals surface area contributed by atoms with Crippen LogP contribution in [0.25, 0.3) is 32.7 Å². The van der Waals surface area contributed by atoms with Gasteiger partial charge in [0.15, 0.2) is 11.3 Å². The van der Waals surface area contributed by atoms with Crippen LogP contribution in [-0.4, -0.2) is 5.11 Å². The van der Waals surface area contributed by atoms with Crippen LogP contribution in [0.2, 0.25) is 0 Å². The highest BCUT2D eigenvalue weighted by atomic mass is 16.4. The minimum absolute atomic E-state index is 0.0188. The first-order valence-electron chi connectivity index (χ1n) is 6.31. The SMILES string of the molecule is O=c1c2cc3ccccc3cc2oc2c(O)cccc12. The lowest BCUT2D eigenvalue weighted by Crippen LogP contribution is -2.01. The Hall–Kier alpha value is -2.81. The zero-order valence-electron chi connectivity index (χ0n) is 10.5. The molecule has 1 heterocycles. The Bertz CT molecular complexity index is 1030. The number of fused-ring (bicyclic) bond motifs is 3. The van der Waals surface area contributed by atoms with Crippen LogP contribution in [0.3, 0.4) is 0 Å². The van der Waals surface area contributed by atoms with Gasteiger partial charge in [-0.25, -0.2) is 0 Å². The van der Waals surface area contributed by atoms with Gasteiger partial charge in [0.1, 0.15) is 5.58 Å². The minimum Gasteiger partial charge on any atom is -0.504 e. The quantitative estimate of drug-likeness (QED) is 0.490. The topological polar surface area (TPSA) is 50.4 Å². The van der Waals surface area contributed by atoms with Crippen LogP contribution in [0.1, 0.15) is 0 Å². The zero-order chi connectivity index (χ0) is 13.7. The van der Waals surface area contributed by atoms with Crippen molar-refractivity contribution in [2.45, 2.75) is 0 Å². The van der Waals surface area contributed by atoms with E-state index >= 15 is 0 Å². The van der Waals surface area contributed by atoms with E-state index in [9.17, 15) is 9.90 Å². The van der Waals surface area contributed by atoms with E-state index in [0.29, 0.717) is 16.4 Å². The summed E-state index contributed by atoms with van der Waals surface area (Å²) in [6.07, 6.45) is 0. The highest BCUT2D eigenvalue weighted by Crippen LogP contribution is 2.28. The van der Waals surface area contributed by atoms with Gasteiger partial charge in [0, 0.05) is 0 Å². The molecular formula is C17H10O3. The van der Waals surface area contributed by atoms with Crippen molar-refractivity contribution in [1.29, 1.82) is 0 Å². The number of phenolic OH excluding ortho intramolecular Hbond substituents is 1. The first-order valence-corrected chi connectivity index (χ1v) is 6.31. The van der Waals surface area contributed by atoms with E-state index in [1.54, 1.807) is 12.1 Å². The van der Waals surface area contributed by atoms with E-state index < -0.39 is 0 Å². The van der Waals surface area contributed by atoms with Gasteiger partial charge >= 0.3 is 0 Å². The summed E-state index contributed by atoms with van der Waals surface area (Å²) in [5.41, 5.74) is 0.603. The molecule has 1 aromatic heterocycles. The summed E-state index contributed by atoms with van der Waals surface area (Å²) in [6, 6.07) is 16.3. The fraction of sp³-hybridized carbons (Fsp3) is 0. The van der Waals surface area contributed by atoms with Crippen molar-refractivity contribution in [2.24, 2.45) is 0 Å². The van der Waals surface area contributed by atoms with Gasteiger partial charge in [-0.3, -0.25) is 4.79 Å². The molecule has 4 rings (SSSR count). The summed E-state index contributed by atoms with van der Waals surface area (Å²) in [6.45, 7) is 0. The number of hydrogen-bond donors (Lipinski definition) is 1. The van der Waals surface area contributed by atoms with E-state index in [0.717, 1.165) is 10.8 Å². The molecule has 0 saturated carbocycles. The predicted molar refractivity (Wildman–Crippen MR) is 79.2 cm³/mol. The summed E-state index contributed by atoms with van der Waals surface area (Å²) >= 11 is 0. The molecule has 3 heteroatoms. The molecule has 0 amide bonds. The maximum absolute atomic E-state index is 12.5. The molecule has 0 spiro atoms. The number of para-hydroxylation sites is 1. The van der Waals surface area contributed by atoms with Gasteiger partial charge in [-0.05, 0) is 35.0 Å². The lowest BCUT2D eigenvalue weighted by atomic mass is 10.1. The first-order chi connectivity index (χ1) is 9.74. The van der Waals surface area contributed by atoms with Crippen LogP contribution in [-0.2, 0) is 0 Å². The van der Waals surface area contributed by atoms with Crippen LogP contribution in [0.15, 0.2) is 63.8 Å². The largest absolute Gasteiger partial charge is 0.504 e. The Balaban J connectivity index is 2.29. The number of benzene rings is 3. The second-order valence-corrected chi connectivity index (χ2v) is 4.78. The predicted octanol–water partition coefficient (Wildman–Crippen LogP) is 3.81. The molecule has 3 nitrogen and oxygen atoms in total. The number of aromatic hydroxyl groups is 1. The van der Waals surface area contributed by atoms with Crippen molar-refractivity contribution in [2.75, 3.05) is 0 Å². The van der Waals surface area contributed by atoms with E-state index in [2.05, 4.69) is 0 Å². The molecule has 0 radical (unpaired) electrons. The first kappa shape index (κ1) is 11.1. The summed E-state index contributed by atoms with van der Waals surface area (Å²) < 4.78 is 5.72. The van der Waals surface area contributed by atoms with Gasteiger partial charge in [0.05, 0.1) is 10.8 Å². The van der Waals surface area contributed by atoms with Gasteiger partial charge in [-0.1, -0.05) is 30.3 Å². The Morgan fingerprint density at radius 3 is 2.40 bits per heavy atom. The maximum Gasteiger partial charge on any atom is 0.200 e. The molecule has 1 N–H and O–H groups in total. The summed E-state index contributed by atoms with van der Waals surface area (Å²) in [4.78, 5) is 12.5. The second-order valence-electron chi connectivity index (χ2n) is 4.78. The molecule has 3 aromatic carbocycles. The second kappa shape index (κ2) is 3.84. The van der Waals surface area contributed by atoms with Crippen LogP contribution in [0.4, 0.5) is 0 Å². The standard InChI is InChI=1S/C17H10O3/c18-14-7-3-6-12-16(19)13-8-10-4-1-2-5-11(10)9-15(13)20-17(12)14/h1-9,18H. The van der Waals surface area contributed by atoms with Gasteiger partial charge in [-0.2, -0.15) is 0 Å². The monoisotopic (exact) mass is 262 g/mol. The van der Waals surface area contributed by atoms with Gasteiger partial charge in [0.2, 0.25) is 5.43 Å². The molecule has 0 aliphatic heterocycles. The molecule has 0 aliphatic carbocycles. The zero-order valence-corrected chi connectivity index (χ0v) is 10.5. The fourth-order valence-electron chi connectivity index (χ4n) is 2.55. The van der Waals surface area contributed by atoms with Gasteiger partial charge in [0.25, 0.3) is 0 Å². The Labute approximate surface area is 113 Å². The minimum atomic E-state index is -0.122. The third-order valence-corrected chi connectivity index (χ3v) is 3.54. The molecule has 0 atom stereocenters. The molecule has 20 heavy (non-hydrogen) atoms. The Morgan fingerprint density at radius 2 is 1.60 bits per heavy atom. The number of phenols is 1. The molecule has 4 aromatic rings. The Kier molecular flexibility index (Phi) is 2.12. The smallest absolute Gasteiger partial charge is 0.200 e. The maximum atomic E-state index is 12.5. The normalized spacial score (nSPS) is 11.4. The summed E-state index contributed by atoms with van der Waals surface area (Å²) in [5.74, 6) is -0.0188. The molecule has 0 aliphatic rings. The average molecular weight is 262 g/mol.